The Morgan fingerprint density at radius 3 is 2.92 bits per heavy atom. The molecule has 3 N–H and O–H groups in total. The molecule has 0 radical (unpaired) electrons. The Bertz CT molecular complexity index is 175. The Hall–Kier alpha value is -0.810. The number of amides is 1. The Labute approximate surface area is 77.3 Å². The standard InChI is InChI=1S/C8H16N2O3/c11-7-2-5-10(6-7)4-1-3-9-8(12)13/h7,9,11H,1-6H2,(H,12,13)/t7-/m0/s1. The normalized spacial score (nSPS) is 23.3. The van der Waals surface area contributed by atoms with E-state index in [2.05, 4.69) is 10.2 Å². The van der Waals surface area contributed by atoms with Crippen molar-refractivity contribution >= 4 is 6.09 Å². The number of nitrogens with one attached hydrogen (secondary N) is 1. The molecule has 1 heterocycles. The van der Waals surface area contributed by atoms with Gasteiger partial charge in [-0.05, 0) is 19.4 Å². The lowest BCUT2D eigenvalue weighted by Gasteiger charge is -2.13. The SMILES string of the molecule is O=C(O)NCCCN1CC[C@H](O)C1. The maximum Gasteiger partial charge on any atom is 0.404 e. The average Bonchev–Trinajstić information content (AvgIpc) is 2.45. The van der Waals surface area contributed by atoms with E-state index in [1.54, 1.807) is 0 Å². The van der Waals surface area contributed by atoms with Crippen molar-refractivity contribution in [3.05, 3.63) is 0 Å². The van der Waals surface area contributed by atoms with Gasteiger partial charge in [0.2, 0.25) is 0 Å². The Kier molecular flexibility index (Phi) is 3.98. The van der Waals surface area contributed by atoms with Crippen LogP contribution in [0.4, 0.5) is 4.79 Å². The second-order valence-electron chi connectivity index (χ2n) is 3.33. The Morgan fingerprint density at radius 1 is 1.62 bits per heavy atom. The molecule has 1 amide bonds. The van der Waals surface area contributed by atoms with Gasteiger partial charge in [-0.1, -0.05) is 0 Å². The number of aliphatic hydroxyl groups excluding tert-OH is 1. The molecule has 1 rings (SSSR count). The number of aliphatic hydroxyl groups is 1. The van der Waals surface area contributed by atoms with Crippen LogP contribution in [0.5, 0.6) is 0 Å². The first-order valence-electron chi connectivity index (χ1n) is 4.55. The van der Waals surface area contributed by atoms with Crippen molar-refractivity contribution in [2.75, 3.05) is 26.2 Å². The predicted molar refractivity (Wildman–Crippen MR) is 47.7 cm³/mol. The molecule has 13 heavy (non-hydrogen) atoms. The lowest BCUT2D eigenvalue weighted by Crippen LogP contribution is -2.28. The van der Waals surface area contributed by atoms with Crippen molar-refractivity contribution in [1.29, 1.82) is 0 Å². The summed E-state index contributed by atoms with van der Waals surface area (Å²) < 4.78 is 0. The fourth-order valence-corrected chi connectivity index (χ4v) is 1.51. The van der Waals surface area contributed by atoms with E-state index in [4.69, 9.17) is 5.11 Å². The molecule has 0 saturated carbocycles. The van der Waals surface area contributed by atoms with Gasteiger partial charge < -0.3 is 20.4 Å². The zero-order valence-electron chi connectivity index (χ0n) is 7.57. The van der Waals surface area contributed by atoms with Gasteiger partial charge in [0.1, 0.15) is 0 Å². The summed E-state index contributed by atoms with van der Waals surface area (Å²) in [7, 11) is 0. The van der Waals surface area contributed by atoms with Crippen molar-refractivity contribution in [2.45, 2.75) is 18.9 Å². The first kappa shape index (κ1) is 10.3. The van der Waals surface area contributed by atoms with Crippen LogP contribution in [-0.4, -0.2) is 53.5 Å². The molecule has 0 aromatic rings. The summed E-state index contributed by atoms with van der Waals surface area (Å²) in [5, 5.41) is 19.8. The topological polar surface area (TPSA) is 72.8 Å². The summed E-state index contributed by atoms with van der Waals surface area (Å²) in [6, 6.07) is 0. The summed E-state index contributed by atoms with van der Waals surface area (Å²) in [4.78, 5) is 12.2. The van der Waals surface area contributed by atoms with E-state index < -0.39 is 6.09 Å². The highest BCUT2D eigenvalue weighted by Crippen LogP contribution is 2.08. The second kappa shape index (κ2) is 5.04. The minimum atomic E-state index is -0.971. The first-order chi connectivity index (χ1) is 6.18. The zero-order chi connectivity index (χ0) is 9.68. The van der Waals surface area contributed by atoms with Gasteiger partial charge in [0.05, 0.1) is 6.10 Å². The van der Waals surface area contributed by atoms with E-state index in [9.17, 15) is 9.90 Å². The van der Waals surface area contributed by atoms with Crippen LogP contribution in [0.3, 0.4) is 0 Å². The third kappa shape index (κ3) is 4.10. The van der Waals surface area contributed by atoms with Crippen molar-refractivity contribution in [2.24, 2.45) is 0 Å². The predicted octanol–water partition coefficient (Wildman–Crippen LogP) is -0.289. The number of hydrogen-bond acceptors (Lipinski definition) is 3. The monoisotopic (exact) mass is 188 g/mol. The Morgan fingerprint density at radius 2 is 2.38 bits per heavy atom. The molecule has 0 bridgehead atoms. The van der Waals surface area contributed by atoms with E-state index in [-0.39, 0.29) is 6.10 Å². The molecule has 1 saturated heterocycles. The van der Waals surface area contributed by atoms with E-state index >= 15 is 0 Å². The minimum Gasteiger partial charge on any atom is -0.465 e. The summed E-state index contributed by atoms with van der Waals surface area (Å²) in [5.74, 6) is 0. The van der Waals surface area contributed by atoms with Crippen molar-refractivity contribution in [3.63, 3.8) is 0 Å². The lowest BCUT2D eigenvalue weighted by molar-refractivity contribution is 0.175. The largest absolute Gasteiger partial charge is 0.465 e. The lowest BCUT2D eigenvalue weighted by atomic mass is 10.3. The molecular weight excluding hydrogens is 172 g/mol. The fourth-order valence-electron chi connectivity index (χ4n) is 1.51. The average molecular weight is 188 g/mol. The van der Waals surface area contributed by atoms with Gasteiger partial charge in [0.25, 0.3) is 0 Å². The van der Waals surface area contributed by atoms with Gasteiger partial charge in [-0.2, -0.15) is 0 Å². The van der Waals surface area contributed by atoms with Crippen LogP contribution in [0.1, 0.15) is 12.8 Å². The molecule has 1 atom stereocenters. The van der Waals surface area contributed by atoms with Crippen LogP contribution in [0.25, 0.3) is 0 Å². The summed E-state index contributed by atoms with van der Waals surface area (Å²) in [6.45, 7) is 3.00. The number of nitrogens with zero attached hydrogens (tertiary/aromatic N) is 1. The first-order valence-corrected chi connectivity index (χ1v) is 4.55. The van der Waals surface area contributed by atoms with E-state index in [0.29, 0.717) is 6.54 Å². The molecule has 1 fully saturated rings. The van der Waals surface area contributed by atoms with E-state index in [0.717, 1.165) is 32.5 Å². The zero-order valence-corrected chi connectivity index (χ0v) is 7.57. The van der Waals surface area contributed by atoms with Crippen LogP contribution in [0.2, 0.25) is 0 Å². The van der Waals surface area contributed by atoms with Crippen molar-refractivity contribution in [3.8, 4) is 0 Å². The van der Waals surface area contributed by atoms with Gasteiger partial charge in [-0.15, -0.1) is 0 Å². The Balaban J connectivity index is 1.97. The highest BCUT2D eigenvalue weighted by molar-refractivity contribution is 5.64. The fraction of sp³-hybridized carbons (Fsp3) is 0.875. The third-order valence-electron chi connectivity index (χ3n) is 2.17. The maximum absolute atomic E-state index is 10.1. The number of carbonyl (C=O) groups is 1. The van der Waals surface area contributed by atoms with Gasteiger partial charge in [0.15, 0.2) is 0 Å². The molecule has 0 spiro atoms. The number of β-amino-alcohol motifs (C(OH)–C–C–N with tert-alkyl or cyclic N) is 1. The second-order valence-corrected chi connectivity index (χ2v) is 3.33. The highest BCUT2D eigenvalue weighted by atomic mass is 16.4. The molecule has 1 aliphatic heterocycles. The summed E-state index contributed by atoms with van der Waals surface area (Å²) in [5.41, 5.74) is 0. The van der Waals surface area contributed by atoms with E-state index in [1.807, 2.05) is 0 Å². The number of likely N-dealkylation sites (tertiary alicyclic amines) is 1. The van der Waals surface area contributed by atoms with Crippen molar-refractivity contribution < 1.29 is 15.0 Å². The van der Waals surface area contributed by atoms with Crippen LogP contribution < -0.4 is 5.32 Å². The number of hydrogen-bond donors (Lipinski definition) is 3. The molecule has 0 aliphatic carbocycles. The highest BCUT2D eigenvalue weighted by Gasteiger charge is 2.18. The van der Waals surface area contributed by atoms with Gasteiger partial charge in [-0.25, -0.2) is 4.79 Å². The molecule has 5 heteroatoms. The minimum absolute atomic E-state index is 0.188. The van der Waals surface area contributed by atoms with Crippen LogP contribution in [0, 0.1) is 0 Å². The number of rotatable bonds is 4. The van der Waals surface area contributed by atoms with Gasteiger partial charge in [-0.3, -0.25) is 0 Å². The molecule has 0 unspecified atom stereocenters. The number of carboxylic acid groups (broad SMARTS) is 1. The molecule has 76 valence electrons. The molecule has 0 aromatic heterocycles. The quantitative estimate of drug-likeness (QED) is 0.530. The third-order valence-corrected chi connectivity index (χ3v) is 2.17. The van der Waals surface area contributed by atoms with Gasteiger partial charge >= 0.3 is 6.09 Å². The molecule has 1 aliphatic rings. The van der Waals surface area contributed by atoms with Gasteiger partial charge in [0, 0.05) is 19.6 Å². The molecule has 0 aromatic carbocycles. The summed E-state index contributed by atoms with van der Waals surface area (Å²) >= 11 is 0. The van der Waals surface area contributed by atoms with Crippen LogP contribution in [0.15, 0.2) is 0 Å². The smallest absolute Gasteiger partial charge is 0.404 e. The summed E-state index contributed by atoms with van der Waals surface area (Å²) in [6.07, 6.45) is 0.486. The van der Waals surface area contributed by atoms with E-state index in [1.165, 1.54) is 0 Å². The van der Waals surface area contributed by atoms with Crippen molar-refractivity contribution in [1.82, 2.24) is 10.2 Å². The molecular formula is C8H16N2O3. The maximum atomic E-state index is 10.1. The van der Waals surface area contributed by atoms with Crippen LogP contribution >= 0.6 is 0 Å². The molecule has 5 nitrogen and oxygen atoms in total. The van der Waals surface area contributed by atoms with Crippen LogP contribution in [-0.2, 0) is 0 Å².